The van der Waals surface area contributed by atoms with Crippen molar-refractivity contribution >= 4 is 0 Å². The van der Waals surface area contributed by atoms with E-state index in [2.05, 4.69) is 5.32 Å². The summed E-state index contributed by atoms with van der Waals surface area (Å²) in [6.45, 7) is 6.83. The molecular weight excluding hydrogens is 248 g/mol. The van der Waals surface area contributed by atoms with Crippen molar-refractivity contribution in [2.75, 3.05) is 13.7 Å². The van der Waals surface area contributed by atoms with Crippen molar-refractivity contribution in [3.8, 4) is 0 Å². The zero-order valence-corrected chi connectivity index (χ0v) is 12.1. The molecule has 0 amide bonds. The quantitative estimate of drug-likeness (QED) is 0.821. The first-order valence-electron chi connectivity index (χ1n) is 6.60. The molecule has 0 bridgehead atoms. The molecule has 0 aliphatic rings. The number of methoxy groups -OCH3 is 1. The second-order valence-corrected chi connectivity index (χ2v) is 5.40. The van der Waals surface area contributed by atoms with Crippen molar-refractivity contribution < 1.29 is 13.5 Å². The van der Waals surface area contributed by atoms with Crippen molar-refractivity contribution in [1.29, 1.82) is 0 Å². The number of rotatable bonds is 7. The Labute approximate surface area is 114 Å². The van der Waals surface area contributed by atoms with E-state index in [0.29, 0.717) is 12.0 Å². The molecule has 0 heterocycles. The van der Waals surface area contributed by atoms with Crippen LogP contribution in [0.1, 0.15) is 32.8 Å². The molecule has 0 spiro atoms. The minimum absolute atomic E-state index is 0.126. The number of nitrogens with one attached hydrogen (secondary N) is 1. The van der Waals surface area contributed by atoms with Gasteiger partial charge in [-0.05, 0) is 50.9 Å². The van der Waals surface area contributed by atoms with Gasteiger partial charge in [0.2, 0.25) is 0 Å². The summed E-state index contributed by atoms with van der Waals surface area (Å²) < 4.78 is 31.8. The van der Waals surface area contributed by atoms with E-state index in [4.69, 9.17) is 4.74 Å². The van der Waals surface area contributed by atoms with Gasteiger partial charge in [-0.2, -0.15) is 0 Å². The molecule has 1 aromatic carbocycles. The third kappa shape index (κ3) is 5.66. The number of benzene rings is 1. The van der Waals surface area contributed by atoms with Crippen LogP contribution in [0.25, 0.3) is 0 Å². The first kappa shape index (κ1) is 16.1. The summed E-state index contributed by atoms with van der Waals surface area (Å²) >= 11 is 0. The summed E-state index contributed by atoms with van der Waals surface area (Å²) in [6.07, 6.45) is 1.35. The molecule has 1 aromatic rings. The number of likely N-dealkylation sites (N-methyl/N-ethyl adjacent to an activating group) is 1. The van der Waals surface area contributed by atoms with Gasteiger partial charge in [-0.1, -0.05) is 6.92 Å². The highest BCUT2D eigenvalue weighted by atomic mass is 19.1. The fraction of sp³-hybridized carbons (Fsp3) is 0.600. The van der Waals surface area contributed by atoms with Crippen molar-refractivity contribution in [2.24, 2.45) is 0 Å². The van der Waals surface area contributed by atoms with Gasteiger partial charge in [0.25, 0.3) is 0 Å². The van der Waals surface area contributed by atoms with Crippen LogP contribution in [0, 0.1) is 11.6 Å². The molecule has 0 saturated carbocycles. The van der Waals surface area contributed by atoms with E-state index < -0.39 is 11.6 Å². The van der Waals surface area contributed by atoms with E-state index in [1.54, 1.807) is 7.11 Å². The highest BCUT2D eigenvalue weighted by Crippen LogP contribution is 2.19. The maximum Gasteiger partial charge on any atom is 0.126 e. The third-order valence-electron chi connectivity index (χ3n) is 3.19. The predicted octanol–water partition coefficient (Wildman–Crippen LogP) is 3.30. The van der Waals surface area contributed by atoms with Crippen LogP contribution in [0.3, 0.4) is 0 Å². The molecular formula is C15H23F2NO. The van der Waals surface area contributed by atoms with Crippen molar-refractivity contribution in [3.63, 3.8) is 0 Å². The number of hydrogen-bond acceptors (Lipinski definition) is 2. The summed E-state index contributed by atoms with van der Waals surface area (Å²) in [4.78, 5) is 0. The summed E-state index contributed by atoms with van der Waals surface area (Å²) in [5.74, 6) is -1.06. The van der Waals surface area contributed by atoms with Gasteiger partial charge in [0.1, 0.15) is 11.6 Å². The molecule has 108 valence electrons. The van der Waals surface area contributed by atoms with Gasteiger partial charge in [0.15, 0.2) is 0 Å². The molecule has 0 aromatic heterocycles. The van der Waals surface area contributed by atoms with E-state index in [0.717, 1.165) is 19.0 Å². The minimum atomic E-state index is -0.531. The first-order chi connectivity index (χ1) is 8.86. The van der Waals surface area contributed by atoms with Gasteiger partial charge >= 0.3 is 0 Å². The molecule has 4 heteroatoms. The normalized spacial score (nSPS) is 13.6. The van der Waals surface area contributed by atoms with Crippen LogP contribution in [0.4, 0.5) is 8.78 Å². The van der Waals surface area contributed by atoms with E-state index in [-0.39, 0.29) is 11.6 Å². The summed E-state index contributed by atoms with van der Waals surface area (Å²) in [5, 5.41) is 3.34. The topological polar surface area (TPSA) is 21.3 Å². The lowest BCUT2D eigenvalue weighted by Crippen LogP contribution is -2.39. The van der Waals surface area contributed by atoms with Gasteiger partial charge in [-0.3, -0.25) is 0 Å². The Balaban J connectivity index is 2.77. The Morgan fingerprint density at radius 2 is 1.79 bits per heavy atom. The van der Waals surface area contributed by atoms with Crippen LogP contribution in [0.15, 0.2) is 18.2 Å². The summed E-state index contributed by atoms with van der Waals surface area (Å²) in [5.41, 5.74) is 0.397. The fourth-order valence-corrected chi connectivity index (χ4v) is 2.20. The van der Waals surface area contributed by atoms with Crippen LogP contribution in [-0.2, 0) is 11.2 Å². The van der Waals surface area contributed by atoms with Crippen LogP contribution >= 0.6 is 0 Å². The first-order valence-corrected chi connectivity index (χ1v) is 6.60. The van der Waals surface area contributed by atoms with Crippen molar-refractivity contribution in [1.82, 2.24) is 5.32 Å². The van der Waals surface area contributed by atoms with Crippen LogP contribution < -0.4 is 5.32 Å². The lowest BCUT2D eigenvalue weighted by Gasteiger charge is -2.29. The van der Waals surface area contributed by atoms with E-state index in [1.165, 1.54) is 12.1 Å². The van der Waals surface area contributed by atoms with Gasteiger partial charge in [-0.25, -0.2) is 8.78 Å². The van der Waals surface area contributed by atoms with Crippen LogP contribution in [0.2, 0.25) is 0 Å². The van der Waals surface area contributed by atoms with Gasteiger partial charge < -0.3 is 10.1 Å². The summed E-state index contributed by atoms with van der Waals surface area (Å²) in [7, 11) is 1.67. The molecule has 0 aliphatic carbocycles. The van der Waals surface area contributed by atoms with Crippen molar-refractivity contribution in [3.05, 3.63) is 35.4 Å². The third-order valence-corrected chi connectivity index (χ3v) is 3.19. The zero-order chi connectivity index (χ0) is 14.5. The average molecular weight is 271 g/mol. The highest BCUT2D eigenvalue weighted by molar-refractivity contribution is 5.19. The van der Waals surface area contributed by atoms with E-state index in [9.17, 15) is 8.78 Å². The molecule has 19 heavy (non-hydrogen) atoms. The standard InChI is InChI=1S/C15H23F2NO/c1-5-18-14(10-15(2,3)19-4)8-11-6-12(16)9-13(17)7-11/h6-7,9,14,18H,5,8,10H2,1-4H3. The van der Waals surface area contributed by atoms with Crippen LogP contribution in [-0.4, -0.2) is 25.3 Å². The molecule has 0 radical (unpaired) electrons. The Hall–Kier alpha value is -1.00. The fourth-order valence-electron chi connectivity index (χ4n) is 2.20. The van der Waals surface area contributed by atoms with Crippen molar-refractivity contribution in [2.45, 2.75) is 45.3 Å². The largest absolute Gasteiger partial charge is 0.379 e. The Morgan fingerprint density at radius 1 is 1.21 bits per heavy atom. The maximum absolute atomic E-state index is 13.2. The Kier molecular flexibility index (Phi) is 5.88. The predicted molar refractivity (Wildman–Crippen MR) is 73.2 cm³/mol. The Morgan fingerprint density at radius 3 is 2.26 bits per heavy atom. The lowest BCUT2D eigenvalue weighted by atomic mass is 9.94. The van der Waals surface area contributed by atoms with E-state index in [1.807, 2.05) is 20.8 Å². The SMILES string of the molecule is CCNC(Cc1cc(F)cc(F)c1)CC(C)(C)OC. The molecule has 2 nitrogen and oxygen atoms in total. The highest BCUT2D eigenvalue weighted by Gasteiger charge is 2.22. The smallest absolute Gasteiger partial charge is 0.126 e. The Bertz CT molecular complexity index is 387. The molecule has 0 saturated heterocycles. The maximum atomic E-state index is 13.2. The molecule has 0 fully saturated rings. The monoisotopic (exact) mass is 271 g/mol. The van der Waals surface area contributed by atoms with Gasteiger partial charge in [0, 0.05) is 19.2 Å². The minimum Gasteiger partial charge on any atom is -0.379 e. The number of halogens is 2. The number of hydrogen-bond donors (Lipinski definition) is 1. The molecule has 1 N–H and O–H groups in total. The molecule has 1 unspecified atom stereocenters. The second-order valence-electron chi connectivity index (χ2n) is 5.40. The van der Waals surface area contributed by atoms with Gasteiger partial charge in [0.05, 0.1) is 5.60 Å². The van der Waals surface area contributed by atoms with Crippen LogP contribution in [0.5, 0.6) is 0 Å². The zero-order valence-electron chi connectivity index (χ0n) is 12.1. The second kappa shape index (κ2) is 6.96. The summed E-state index contributed by atoms with van der Waals surface area (Å²) in [6, 6.07) is 3.78. The number of ether oxygens (including phenoxy) is 1. The molecule has 1 atom stereocenters. The lowest BCUT2D eigenvalue weighted by molar-refractivity contribution is 0.00726. The molecule has 0 aliphatic heterocycles. The molecule has 1 rings (SSSR count). The van der Waals surface area contributed by atoms with E-state index >= 15 is 0 Å². The van der Waals surface area contributed by atoms with Gasteiger partial charge in [-0.15, -0.1) is 0 Å². The average Bonchev–Trinajstić information content (AvgIpc) is 2.27.